The van der Waals surface area contributed by atoms with Crippen molar-refractivity contribution in [3.63, 3.8) is 0 Å². The Kier molecular flexibility index (Phi) is 3.25. The molecule has 0 aliphatic heterocycles. The molecule has 0 amide bonds. The standard InChI is InChI=1S/C13H18N2O/c1-3-10(8-14)7-13-15-11-5-4-9(2)6-12(11)16-13/h4-6,10H,3,7-8,14H2,1-2H3. The van der Waals surface area contributed by atoms with Crippen LogP contribution < -0.4 is 5.73 Å². The third-order valence-corrected chi connectivity index (χ3v) is 2.96. The Morgan fingerprint density at radius 3 is 2.94 bits per heavy atom. The molecule has 1 heterocycles. The molecule has 0 bridgehead atoms. The van der Waals surface area contributed by atoms with Crippen molar-refractivity contribution < 1.29 is 4.42 Å². The van der Waals surface area contributed by atoms with Gasteiger partial charge in [-0.3, -0.25) is 0 Å². The van der Waals surface area contributed by atoms with Crippen LogP contribution in [-0.4, -0.2) is 11.5 Å². The van der Waals surface area contributed by atoms with Crippen LogP contribution in [0, 0.1) is 12.8 Å². The van der Waals surface area contributed by atoms with E-state index in [4.69, 9.17) is 10.2 Å². The Morgan fingerprint density at radius 1 is 1.44 bits per heavy atom. The number of oxazole rings is 1. The van der Waals surface area contributed by atoms with E-state index in [-0.39, 0.29) is 0 Å². The molecule has 0 saturated carbocycles. The van der Waals surface area contributed by atoms with Gasteiger partial charge in [0.15, 0.2) is 11.5 Å². The van der Waals surface area contributed by atoms with Crippen LogP contribution >= 0.6 is 0 Å². The van der Waals surface area contributed by atoms with E-state index in [1.165, 1.54) is 5.56 Å². The summed E-state index contributed by atoms with van der Waals surface area (Å²) in [6.07, 6.45) is 1.90. The van der Waals surface area contributed by atoms with Crippen LogP contribution in [-0.2, 0) is 6.42 Å². The fraction of sp³-hybridized carbons (Fsp3) is 0.462. The van der Waals surface area contributed by atoms with Gasteiger partial charge in [0.2, 0.25) is 0 Å². The second-order valence-corrected chi connectivity index (χ2v) is 4.29. The molecule has 0 spiro atoms. The molecule has 0 fully saturated rings. The number of benzene rings is 1. The van der Waals surface area contributed by atoms with Crippen molar-refractivity contribution in [2.75, 3.05) is 6.54 Å². The number of nitrogens with zero attached hydrogens (tertiary/aromatic N) is 1. The molecular weight excluding hydrogens is 200 g/mol. The van der Waals surface area contributed by atoms with Crippen LogP contribution in [0.25, 0.3) is 11.1 Å². The van der Waals surface area contributed by atoms with Gasteiger partial charge >= 0.3 is 0 Å². The normalized spacial score (nSPS) is 13.2. The van der Waals surface area contributed by atoms with Crippen LogP contribution in [0.3, 0.4) is 0 Å². The number of hydrogen-bond acceptors (Lipinski definition) is 3. The summed E-state index contributed by atoms with van der Waals surface area (Å²) in [6.45, 7) is 4.88. The molecule has 3 heteroatoms. The van der Waals surface area contributed by atoms with Gasteiger partial charge in [-0.25, -0.2) is 4.98 Å². The summed E-state index contributed by atoms with van der Waals surface area (Å²) in [6, 6.07) is 6.07. The summed E-state index contributed by atoms with van der Waals surface area (Å²) in [5.74, 6) is 1.27. The highest BCUT2D eigenvalue weighted by Crippen LogP contribution is 2.19. The van der Waals surface area contributed by atoms with Gasteiger partial charge in [-0.1, -0.05) is 19.4 Å². The van der Waals surface area contributed by atoms with Crippen molar-refractivity contribution in [3.05, 3.63) is 29.7 Å². The molecule has 1 atom stereocenters. The van der Waals surface area contributed by atoms with Gasteiger partial charge in [0, 0.05) is 6.42 Å². The molecule has 3 nitrogen and oxygen atoms in total. The van der Waals surface area contributed by atoms with E-state index in [0.29, 0.717) is 12.5 Å². The number of hydrogen-bond donors (Lipinski definition) is 1. The summed E-state index contributed by atoms with van der Waals surface area (Å²) in [5.41, 5.74) is 8.69. The Morgan fingerprint density at radius 2 is 2.25 bits per heavy atom. The molecule has 86 valence electrons. The van der Waals surface area contributed by atoms with Gasteiger partial charge in [0.1, 0.15) is 5.52 Å². The quantitative estimate of drug-likeness (QED) is 0.858. The lowest BCUT2D eigenvalue weighted by Gasteiger charge is -2.07. The lowest BCUT2D eigenvalue weighted by Crippen LogP contribution is -2.15. The fourth-order valence-electron chi connectivity index (χ4n) is 1.81. The predicted molar refractivity (Wildman–Crippen MR) is 65.3 cm³/mol. The zero-order valence-electron chi connectivity index (χ0n) is 9.86. The van der Waals surface area contributed by atoms with Crippen LogP contribution in [0.15, 0.2) is 22.6 Å². The van der Waals surface area contributed by atoms with Gasteiger partial charge < -0.3 is 10.2 Å². The van der Waals surface area contributed by atoms with Crippen LogP contribution in [0.5, 0.6) is 0 Å². The van der Waals surface area contributed by atoms with Crippen LogP contribution in [0.4, 0.5) is 0 Å². The van der Waals surface area contributed by atoms with Crippen LogP contribution in [0.1, 0.15) is 24.8 Å². The van der Waals surface area contributed by atoms with Crippen molar-refractivity contribution in [2.45, 2.75) is 26.7 Å². The van der Waals surface area contributed by atoms with E-state index >= 15 is 0 Å². The minimum absolute atomic E-state index is 0.467. The van der Waals surface area contributed by atoms with Gasteiger partial charge in [0.05, 0.1) is 0 Å². The van der Waals surface area contributed by atoms with E-state index in [1.54, 1.807) is 0 Å². The van der Waals surface area contributed by atoms with E-state index in [2.05, 4.69) is 24.9 Å². The highest BCUT2D eigenvalue weighted by molar-refractivity contribution is 5.73. The van der Waals surface area contributed by atoms with Gasteiger partial charge in [-0.2, -0.15) is 0 Å². The van der Waals surface area contributed by atoms with Gasteiger partial charge in [-0.15, -0.1) is 0 Å². The maximum Gasteiger partial charge on any atom is 0.195 e. The van der Waals surface area contributed by atoms with E-state index < -0.39 is 0 Å². The Labute approximate surface area is 95.7 Å². The monoisotopic (exact) mass is 218 g/mol. The van der Waals surface area contributed by atoms with E-state index in [9.17, 15) is 0 Å². The molecule has 0 saturated heterocycles. The molecule has 0 aliphatic rings. The average molecular weight is 218 g/mol. The topological polar surface area (TPSA) is 52.0 Å². The van der Waals surface area contributed by atoms with Crippen molar-refractivity contribution >= 4 is 11.1 Å². The first-order chi connectivity index (χ1) is 7.72. The smallest absolute Gasteiger partial charge is 0.195 e. The summed E-state index contributed by atoms with van der Waals surface area (Å²) in [7, 11) is 0. The summed E-state index contributed by atoms with van der Waals surface area (Å²) >= 11 is 0. The second-order valence-electron chi connectivity index (χ2n) is 4.29. The molecule has 1 unspecified atom stereocenters. The number of rotatable bonds is 4. The Bertz CT molecular complexity index is 472. The van der Waals surface area contributed by atoms with Crippen LogP contribution in [0.2, 0.25) is 0 Å². The Hall–Kier alpha value is -1.35. The van der Waals surface area contributed by atoms with E-state index in [1.807, 2.05) is 12.1 Å². The third kappa shape index (κ3) is 2.25. The summed E-state index contributed by atoms with van der Waals surface area (Å²) in [4.78, 5) is 4.47. The molecule has 1 aromatic carbocycles. The first-order valence-electron chi connectivity index (χ1n) is 5.79. The second kappa shape index (κ2) is 4.66. The molecule has 16 heavy (non-hydrogen) atoms. The number of fused-ring (bicyclic) bond motifs is 1. The predicted octanol–water partition coefficient (Wildman–Crippen LogP) is 2.66. The third-order valence-electron chi connectivity index (χ3n) is 2.96. The molecule has 2 rings (SSSR count). The summed E-state index contributed by atoms with van der Waals surface area (Å²) in [5, 5.41) is 0. The minimum Gasteiger partial charge on any atom is -0.441 e. The SMILES string of the molecule is CCC(CN)Cc1nc2ccc(C)cc2o1. The highest BCUT2D eigenvalue weighted by Gasteiger charge is 2.11. The number of aromatic nitrogens is 1. The summed E-state index contributed by atoms with van der Waals surface area (Å²) < 4.78 is 5.72. The minimum atomic E-state index is 0.467. The average Bonchev–Trinajstić information content (AvgIpc) is 2.67. The largest absolute Gasteiger partial charge is 0.441 e. The zero-order chi connectivity index (χ0) is 11.5. The molecule has 0 radical (unpaired) electrons. The molecule has 2 aromatic rings. The lowest BCUT2D eigenvalue weighted by molar-refractivity contribution is 0.437. The molecule has 1 aromatic heterocycles. The van der Waals surface area contributed by atoms with Crippen molar-refractivity contribution in [1.29, 1.82) is 0 Å². The molecule has 0 aliphatic carbocycles. The maximum absolute atomic E-state index is 5.72. The van der Waals surface area contributed by atoms with E-state index in [0.717, 1.165) is 29.8 Å². The van der Waals surface area contributed by atoms with Crippen molar-refractivity contribution in [1.82, 2.24) is 4.98 Å². The fourth-order valence-corrected chi connectivity index (χ4v) is 1.81. The Balaban J connectivity index is 2.25. The van der Waals surface area contributed by atoms with Crippen molar-refractivity contribution in [2.24, 2.45) is 11.7 Å². The lowest BCUT2D eigenvalue weighted by atomic mass is 10.0. The van der Waals surface area contributed by atoms with Gasteiger partial charge in [0.25, 0.3) is 0 Å². The zero-order valence-corrected chi connectivity index (χ0v) is 9.86. The highest BCUT2D eigenvalue weighted by atomic mass is 16.3. The molecule has 2 N–H and O–H groups in total. The number of nitrogens with two attached hydrogens (primary N) is 1. The first kappa shape index (κ1) is 11.1. The van der Waals surface area contributed by atoms with Crippen molar-refractivity contribution in [3.8, 4) is 0 Å². The first-order valence-corrected chi connectivity index (χ1v) is 5.79. The number of aryl methyl sites for hydroxylation is 1. The van der Waals surface area contributed by atoms with Gasteiger partial charge in [-0.05, 0) is 37.1 Å². The maximum atomic E-state index is 5.72. The molecular formula is C13H18N2O.